The van der Waals surface area contributed by atoms with Gasteiger partial charge in [0.15, 0.2) is 0 Å². The van der Waals surface area contributed by atoms with Gasteiger partial charge in [-0.1, -0.05) is 12.8 Å². The van der Waals surface area contributed by atoms with E-state index in [0.717, 1.165) is 39.0 Å². The predicted molar refractivity (Wildman–Crippen MR) is 96.5 cm³/mol. The fourth-order valence-electron chi connectivity index (χ4n) is 4.94. The van der Waals surface area contributed by atoms with Gasteiger partial charge in [0.05, 0.1) is 6.26 Å². The minimum atomic E-state index is -3.11. The normalized spacial score (nSPS) is 32.0. The van der Waals surface area contributed by atoms with Crippen LogP contribution in [0.5, 0.6) is 0 Å². The van der Waals surface area contributed by atoms with Gasteiger partial charge >= 0.3 is 0 Å². The molecule has 0 radical (unpaired) electrons. The molecule has 2 saturated carbocycles. The molecule has 1 saturated heterocycles. The summed E-state index contributed by atoms with van der Waals surface area (Å²) in [7, 11) is -3.11. The molecule has 3 rings (SSSR count). The molecule has 0 amide bonds. The maximum atomic E-state index is 11.6. The quantitative estimate of drug-likeness (QED) is 0.792. The summed E-state index contributed by atoms with van der Waals surface area (Å²) in [4.78, 5) is 0. The van der Waals surface area contributed by atoms with E-state index in [1.165, 1.54) is 51.2 Å². The van der Waals surface area contributed by atoms with Crippen molar-refractivity contribution in [3.8, 4) is 0 Å². The zero-order chi connectivity index (χ0) is 17.0. The maximum Gasteiger partial charge on any atom is 0.208 e. The first-order valence-electron chi connectivity index (χ1n) is 9.74. The number of hydrogen-bond donors (Lipinski definition) is 2. The third-order valence-electron chi connectivity index (χ3n) is 6.54. The first-order valence-corrected chi connectivity index (χ1v) is 11.6. The molecule has 0 aromatic heterocycles. The third kappa shape index (κ3) is 5.16. The van der Waals surface area contributed by atoms with Crippen LogP contribution in [0.2, 0.25) is 0 Å². The van der Waals surface area contributed by atoms with Gasteiger partial charge in [-0.25, -0.2) is 13.1 Å². The summed E-state index contributed by atoms with van der Waals surface area (Å²) < 4.78 is 31.6. The molecule has 0 bridgehead atoms. The molecule has 0 aromatic carbocycles. The standard InChI is InChI=1S/C18H34N2O3S/c1-24(21,22)20-17-5-3-2-4-15(17)14-19-16-6-8-18(9-7-16)10-12-23-13-11-18/h15-17,19-20H,2-14H2,1H3. The Morgan fingerprint density at radius 3 is 2.33 bits per heavy atom. The molecule has 24 heavy (non-hydrogen) atoms. The van der Waals surface area contributed by atoms with Crippen molar-refractivity contribution in [2.75, 3.05) is 26.0 Å². The molecule has 3 fully saturated rings. The summed E-state index contributed by atoms with van der Waals surface area (Å²) >= 11 is 0. The highest BCUT2D eigenvalue weighted by Gasteiger charge is 2.37. The van der Waals surface area contributed by atoms with Crippen molar-refractivity contribution < 1.29 is 13.2 Å². The van der Waals surface area contributed by atoms with Crippen LogP contribution in [0.1, 0.15) is 64.2 Å². The summed E-state index contributed by atoms with van der Waals surface area (Å²) in [5.41, 5.74) is 0.557. The van der Waals surface area contributed by atoms with Crippen molar-refractivity contribution in [3.63, 3.8) is 0 Å². The number of sulfonamides is 1. The van der Waals surface area contributed by atoms with E-state index in [9.17, 15) is 8.42 Å². The second-order valence-corrected chi connectivity index (χ2v) is 10.1. The average Bonchev–Trinajstić information content (AvgIpc) is 2.55. The van der Waals surface area contributed by atoms with Crippen LogP contribution in [0, 0.1) is 11.3 Å². The molecule has 2 aliphatic carbocycles. The summed E-state index contributed by atoms with van der Waals surface area (Å²) in [6.45, 7) is 2.84. The molecule has 140 valence electrons. The van der Waals surface area contributed by atoms with Crippen LogP contribution in [0.4, 0.5) is 0 Å². The van der Waals surface area contributed by atoms with Gasteiger partial charge < -0.3 is 10.1 Å². The van der Waals surface area contributed by atoms with Crippen LogP contribution in [0.15, 0.2) is 0 Å². The first kappa shape index (κ1) is 18.6. The Hall–Kier alpha value is -0.170. The van der Waals surface area contributed by atoms with Crippen molar-refractivity contribution >= 4 is 10.0 Å². The van der Waals surface area contributed by atoms with Crippen molar-refractivity contribution in [3.05, 3.63) is 0 Å². The third-order valence-corrected chi connectivity index (χ3v) is 7.27. The molecule has 5 nitrogen and oxygen atoms in total. The van der Waals surface area contributed by atoms with Gasteiger partial charge in [0.25, 0.3) is 0 Å². The second-order valence-electron chi connectivity index (χ2n) is 8.34. The maximum absolute atomic E-state index is 11.6. The SMILES string of the molecule is CS(=O)(=O)NC1CCCCC1CNC1CCC2(CCOCC2)CC1. The van der Waals surface area contributed by atoms with Gasteiger partial charge in [-0.2, -0.15) is 0 Å². The number of nitrogens with one attached hydrogen (secondary N) is 2. The summed E-state index contributed by atoms with van der Waals surface area (Å²) in [6, 6.07) is 0.728. The molecule has 1 aliphatic heterocycles. The van der Waals surface area contributed by atoms with Crippen LogP contribution in [0.25, 0.3) is 0 Å². The Balaban J connectivity index is 1.45. The Labute approximate surface area is 147 Å². The number of ether oxygens (including phenoxy) is 1. The molecular formula is C18H34N2O3S. The van der Waals surface area contributed by atoms with Crippen LogP contribution < -0.4 is 10.0 Å². The molecule has 0 aromatic rings. The molecule has 2 N–H and O–H groups in total. The van der Waals surface area contributed by atoms with Crippen molar-refractivity contribution in [1.29, 1.82) is 0 Å². The molecule has 2 unspecified atom stereocenters. The van der Waals surface area contributed by atoms with Crippen LogP contribution >= 0.6 is 0 Å². The van der Waals surface area contributed by atoms with Gasteiger partial charge in [-0.05, 0) is 69.2 Å². The molecule has 1 spiro atoms. The molecule has 2 atom stereocenters. The minimum Gasteiger partial charge on any atom is -0.381 e. The molecule has 3 aliphatic rings. The fourth-order valence-corrected chi connectivity index (χ4v) is 5.80. The van der Waals surface area contributed by atoms with E-state index in [4.69, 9.17) is 4.74 Å². The summed E-state index contributed by atoms with van der Waals surface area (Å²) in [5.74, 6) is 0.437. The van der Waals surface area contributed by atoms with E-state index in [2.05, 4.69) is 10.0 Å². The lowest BCUT2D eigenvalue weighted by atomic mass is 9.68. The van der Waals surface area contributed by atoms with E-state index in [1.54, 1.807) is 0 Å². The zero-order valence-electron chi connectivity index (χ0n) is 15.1. The van der Waals surface area contributed by atoms with Crippen molar-refractivity contribution in [2.24, 2.45) is 11.3 Å². The average molecular weight is 359 g/mol. The lowest BCUT2D eigenvalue weighted by Gasteiger charge is -2.43. The van der Waals surface area contributed by atoms with E-state index in [0.29, 0.717) is 17.4 Å². The Bertz CT molecular complexity index is 492. The van der Waals surface area contributed by atoms with Crippen molar-refractivity contribution in [1.82, 2.24) is 10.0 Å². The van der Waals surface area contributed by atoms with E-state index in [1.807, 2.05) is 0 Å². The van der Waals surface area contributed by atoms with Gasteiger partial charge in [0, 0.05) is 25.3 Å². The van der Waals surface area contributed by atoms with Gasteiger partial charge in [0.1, 0.15) is 0 Å². The summed E-state index contributed by atoms with van der Waals surface area (Å²) in [6.07, 6.45) is 13.4. The number of rotatable bonds is 5. The molecule has 1 heterocycles. The van der Waals surface area contributed by atoms with Gasteiger partial charge in [0.2, 0.25) is 10.0 Å². The second kappa shape index (κ2) is 8.02. The Kier molecular flexibility index (Phi) is 6.22. The van der Waals surface area contributed by atoms with Gasteiger partial charge in [-0.3, -0.25) is 0 Å². The van der Waals surface area contributed by atoms with E-state index in [-0.39, 0.29) is 6.04 Å². The zero-order valence-corrected chi connectivity index (χ0v) is 15.9. The topological polar surface area (TPSA) is 67.4 Å². The highest BCUT2D eigenvalue weighted by Crippen LogP contribution is 2.44. The summed E-state index contributed by atoms with van der Waals surface area (Å²) in [5, 5.41) is 3.76. The van der Waals surface area contributed by atoms with Crippen LogP contribution in [0.3, 0.4) is 0 Å². The van der Waals surface area contributed by atoms with Crippen molar-refractivity contribution in [2.45, 2.75) is 76.3 Å². The smallest absolute Gasteiger partial charge is 0.208 e. The predicted octanol–water partition coefficient (Wildman–Crippen LogP) is 2.42. The lowest BCUT2D eigenvalue weighted by Crippen LogP contribution is -2.48. The first-order chi connectivity index (χ1) is 11.5. The molecule has 6 heteroatoms. The fraction of sp³-hybridized carbons (Fsp3) is 1.00. The molecular weight excluding hydrogens is 324 g/mol. The Morgan fingerprint density at radius 1 is 1.00 bits per heavy atom. The highest BCUT2D eigenvalue weighted by atomic mass is 32.2. The largest absolute Gasteiger partial charge is 0.381 e. The number of hydrogen-bond acceptors (Lipinski definition) is 4. The van der Waals surface area contributed by atoms with E-state index >= 15 is 0 Å². The van der Waals surface area contributed by atoms with E-state index < -0.39 is 10.0 Å². The monoisotopic (exact) mass is 358 g/mol. The minimum absolute atomic E-state index is 0.117. The highest BCUT2D eigenvalue weighted by molar-refractivity contribution is 7.88. The van der Waals surface area contributed by atoms with Crippen LogP contribution in [-0.4, -0.2) is 46.5 Å². The van der Waals surface area contributed by atoms with Gasteiger partial charge in [-0.15, -0.1) is 0 Å². The van der Waals surface area contributed by atoms with Crippen LogP contribution in [-0.2, 0) is 14.8 Å². The lowest BCUT2D eigenvalue weighted by molar-refractivity contribution is -0.00952. The Morgan fingerprint density at radius 2 is 1.67 bits per heavy atom.